The molecule has 13 nitrogen and oxygen atoms in total. The summed E-state index contributed by atoms with van der Waals surface area (Å²) in [6.07, 6.45) is -1.000. The number of aliphatic carboxylic acids is 4. The SMILES string of the molecule is CN1NC1N[C@@H](CCCN)C(=O)O.O=C(O)CC(O)(CC(=O)O)C(=O)O. The third-order valence-electron chi connectivity index (χ3n) is 3.29. The number of rotatable bonds is 11. The lowest BCUT2D eigenvalue weighted by Crippen LogP contribution is -2.42. The Labute approximate surface area is 148 Å². The van der Waals surface area contributed by atoms with Crippen molar-refractivity contribution in [2.24, 2.45) is 5.73 Å². The summed E-state index contributed by atoms with van der Waals surface area (Å²) in [5, 5.41) is 47.4. The first-order valence-corrected chi connectivity index (χ1v) is 7.50. The van der Waals surface area contributed by atoms with E-state index in [4.69, 9.17) is 31.3 Å². The molecule has 0 aliphatic carbocycles. The first kappa shape index (κ1) is 23.7. The van der Waals surface area contributed by atoms with Crippen LogP contribution in [0.2, 0.25) is 0 Å². The summed E-state index contributed by atoms with van der Waals surface area (Å²) in [5.41, 5.74) is 5.49. The van der Waals surface area contributed by atoms with E-state index in [2.05, 4.69) is 10.7 Å². The largest absolute Gasteiger partial charge is 0.481 e. The molecule has 1 aliphatic rings. The summed E-state index contributed by atoms with van der Waals surface area (Å²) in [7, 11) is 1.85. The average molecular weight is 380 g/mol. The number of aliphatic hydroxyl groups is 1. The quantitative estimate of drug-likeness (QED) is 0.170. The van der Waals surface area contributed by atoms with E-state index in [0.29, 0.717) is 13.0 Å². The van der Waals surface area contributed by atoms with E-state index in [0.717, 1.165) is 6.42 Å². The van der Waals surface area contributed by atoms with Crippen molar-refractivity contribution in [3.8, 4) is 0 Å². The molecule has 0 amide bonds. The van der Waals surface area contributed by atoms with E-state index in [1.54, 1.807) is 5.01 Å². The Morgan fingerprint density at radius 1 is 1.15 bits per heavy atom. The van der Waals surface area contributed by atoms with Crippen molar-refractivity contribution in [2.75, 3.05) is 13.6 Å². The van der Waals surface area contributed by atoms with Gasteiger partial charge in [0.25, 0.3) is 0 Å². The summed E-state index contributed by atoms with van der Waals surface area (Å²) < 4.78 is 0. The van der Waals surface area contributed by atoms with Crippen LogP contribution < -0.4 is 16.5 Å². The summed E-state index contributed by atoms with van der Waals surface area (Å²) in [5.74, 6) is -5.84. The Morgan fingerprint density at radius 3 is 1.88 bits per heavy atom. The van der Waals surface area contributed by atoms with Gasteiger partial charge < -0.3 is 31.3 Å². The Balaban J connectivity index is 0.000000481. The molecule has 1 rings (SSSR count). The minimum atomic E-state index is -2.74. The van der Waals surface area contributed by atoms with Gasteiger partial charge in [-0.25, -0.2) is 15.2 Å². The van der Waals surface area contributed by atoms with Crippen LogP contribution in [0, 0.1) is 0 Å². The van der Waals surface area contributed by atoms with Gasteiger partial charge in [0, 0.05) is 7.05 Å². The second-order valence-corrected chi connectivity index (χ2v) is 5.61. The van der Waals surface area contributed by atoms with Gasteiger partial charge in [-0.05, 0) is 19.4 Å². The summed E-state index contributed by atoms with van der Waals surface area (Å²) in [6, 6.07) is -0.508. The van der Waals surface area contributed by atoms with Crippen LogP contribution in [0.25, 0.3) is 0 Å². The van der Waals surface area contributed by atoms with Crippen molar-refractivity contribution < 1.29 is 44.7 Å². The van der Waals surface area contributed by atoms with Crippen molar-refractivity contribution in [2.45, 2.75) is 43.6 Å². The number of carbonyl (C=O) groups is 4. The minimum Gasteiger partial charge on any atom is -0.481 e. The van der Waals surface area contributed by atoms with Crippen LogP contribution in [0.1, 0.15) is 25.7 Å². The molecule has 0 aromatic carbocycles. The number of nitrogens with zero attached hydrogens (tertiary/aromatic N) is 1. The van der Waals surface area contributed by atoms with Gasteiger partial charge in [0.05, 0.1) is 12.8 Å². The second kappa shape index (κ2) is 10.6. The van der Waals surface area contributed by atoms with Gasteiger partial charge >= 0.3 is 23.9 Å². The molecule has 0 saturated carbocycles. The Bertz CT molecular complexity index is 512. The van der Waals surface area contributed by atoms with Crippen LogP contribution in [0.15, 0.2) is 0 Å². The summed E-state index contributed by atoms with van der Waals surface area (Å²) in [6.45, 7) is 0.527. The standard InChI is InChI=1S/C7H16N4O2.C6H8O7/c1-11-7(10-11)9-5(6(12)13)3-2-4-8;7-3(8)1-6(13,5(11)12)2-4(9)10/h5,7,9-10H,2-4,8H2,1H3,(H,12,13);13H,1-2H2,(H,7,8)(H,9,10)(H,11,12)/t5-,7?,11?;/m0./s1. The second-order valence-electron chi connectivity index (χ2n) is 5.61. The molecule has 2 unspecified atom stereocenters. The molecule has 13 heteroatoms. The first-order valence-electron chi connectivity index (χ1n) is 7.50. The molecule has 1 saturated heterocycles. The van der Waals surface area contributed by atoms with Gasteiger partial charge in [0.15, 0.2) is 5.60 Å². The molecule has 0 radical (unpaired) electrons. The summed E-state index contributed by atoms with van der Waals surface area (Å²) in [4.78, 5) is 41.2. The maximum atomic E-state index is 10.7. The molecule has 0 bridgehead atoms. The van der Waals surface area contributed by atoms with E-state index < -0.39 is 48.4 Å². The van der Waals surface area contributed by atoms with E-state index >= 15 is 0 Å². The Kier molecular flexibility index (Phi) is 9.67. The van der Waals surface area contributed by atoms with Crippen LogP contribution in [0.5, 0.6) is 0 Å². The van der Waals surface area contributed by atoms with Gasteiger partial charge in [-0.15, -0.1) is 0 Å². The Morgan fingerprint density at radius 2 is 1.62 bits per heavy atom. The minimum absolute atomic E-state index is 0.00104. The van der Waals surface area contributed by atoms with E-state index in [9.17, 15) is 19.2 Å². The van der Waals surface area contributed by atoms with E-state index in [1.165, 1.54) is 0 Å². The highest BCUT2D eigenvalue weighted by atomic mass is 16.4. The number of hydrogen-bond donors (Lipinski definition) is 8. The molecule has 3 atom stereocenters. The molecule has 1 aliphatic heterocycles. The molecular formula is C13H24N4O9. The van der Waals surface area contributed by atoms with Gasteiger partial charge in [-0.1, -0.05) is 0 Å². The molecule has 26 heavy (non-hydrogen) atoms. The number of hydrogen-bond acceptors (Lipinski definition) is 9. The molecule has 0 aromatic rings. The number of nitrogens with two attached hydrogens (primary N) is 1. The van der Waals surface area contributed by atoms with Crippen LogP contribution >= 0.6 is 0 Å². The fourth-order valence-corrected chi connectivity index (χ4v) is 1.81. The van der Waals surface area contributed by atoms with Crippen LogP contribution in [0.3, 0.4) is 0 Å². The van der Waals surface area contributed by atoms with Crippen molar-refractivity contribution in [1.29, 1.82) is 0 Å². The molecule has 9 N–H and O–H groups in total. The van der Waals surface area contributed by atoms with Crippen LogP contribution in [0.4, 0.5) is 0 Å². The zero-order valence-electron chi connectivity index (χ0n) is 14.1. The highest BCUT2D eigenvalue weighted by Gasteiger charge is 2.40. The van der Waals surface area contributed by atoms with Crippen molar-refractivity contribution >= 4 is 23.9 Å². The molecule has 0 aromatic heterocycles. The molecule has 0 spiro atoms. The fourth-order valence-electron chi connectivity index (χ4n) is 1.81. The average Bonchev–Trinajstić information content (AvgIpc) is 3.17. The zero-order valence-corrected chi connectivity index (χ0v) is 14.1. The van der Waals surface area contributed by atoms with Gasteiger partial charge in [-0.3, -0.25) is 19.7 Å². The van der Waals surface area contributed by atoms with Gasteiger partial charge in [0.1, 0.15) is 12.3 Å². The molecule has 1 heterocycles. The first-order chi connectivity index (χ1) is 11.9. The zero-order chi connectivity index (χ0) is 20.5. The highest BCUT2D eigenvalue weighted by molar-refractivity contribution is 5.88. The predicted molar refractivity (Wildman–Crippen MR) is 84.6 cm³/mol. The smallest absolute Gasteiger partial charge is 0.336 e. The normalized spacial score (nSPS) is 19.7. The summed E-state index contributed by atoms with van der Waals surface area (Å²) >= 11 is 0. The number of hydrazine groups is 1. The monoisotopic (exact) mass is 380 g/mol. The van der Waals surface area contributed by atoms with Gasteiger partial charge in [0.2, 0.25) is 0 Å². The molecular weight excluding hydrogens is 356 g/mol. The van der Waals surface area contributed by atoms with Gasteiger partial charge in [-0.2, -0.15) is 0 Å². The predicted octanol–water partition coefficient (Wildman–Crippen LogP) is -2.75. The lowest BCUT2D eigenvalue weighted by atomic mass is 9.96. The molecule has 150 valence electrons. The van der Waals surface area contributed by atoms with E-state index in [1.807, 2.05) is 7.05 Å². The number of carboxylic acids is 4. The fraction of sp³-hybridized carbons (Fsp3) is 0.692. The van der Waals surface area contributed by atoms with Crippen molar-refractivity contribution in [3.63, 3.8) is 0 Å². The topological polar surface area (TPSA) is 232 Å². The maximum Gasteiger partial charge on any atom is 0.336 e. The number of carboxylic acid groups (broad SMARTS) is 4. The third kappa shape index (κ3) is 9.24. The van der Waals surface area contributed by atoms with Crippen molar-refractivity contribution in [3.05, 3.63) is 0 Å². The Hall–Kier alpha value is -2.32. The lowest BCUT2D eigenvalue weighted by molar-refractivity contribution is -0.170. The van der Waals surface area contributed by atoms with Crippen molar-refractivity contribution in [1.82, 2.24) is 15.8 Å². The van der Waals surface area contributed by atoms with Crippen LogP contribution in [-0.2, 0) is 19.2 Å². The molecule has 1 fully saturated rings. The maximum absolute atomic E-state index is 10.7. The van der Waals surface area contributed by atoms with E-state index in [-0.39, 0.29) is 6.29 Å². The lowest BCUT2D eigenvalue weighted by Gasteiger charge is -2.18. The highest BCUT2D eigenvalue weighted by Crippen LogP contribution is 2.15. The number of nitrogens with one attached hydrogen (secondary N) is 2. The van der Waals surface area contributed by atoms with Crippen LogP contribution in [-0.4, -0.2) is 85.9 Å². The third-order valence-corrected chi connectivity index (χ3v) is 3.29.